The Balaban J connectivity index is 0. The van der Waals surface area contributed by atoms with Crippen LogP contribution in [-0.4, -0.2) is 55.2 Å². The SMILES string of the molecule is CCS(C)(CC)C(F)(F)F.O=C(NS(=O)(=O)C(F)(F)F)C(F)(F)C(F)(F)F. The van der Waals surface area contributed by atoms with Crippen molar-refractivity contribution in [1.29, 1.82) is 0 Å². The Morgan fingerprint density at radius 1 is 0.778 bits per heavy atom. The van der Waals surface area contributed by atoms with Gasteiger partial charge >= 0.3 is 39.0 Å². The van der Waals surface area contributed by atoms with Crippen molar-refractivity contribution in [1.82, 2.24) is 4.72 Å². The number of amides is 1. The van der Waals surface area contributed by atoms with Crippen LogP contribution in [0.25, 0.3) is 0 Å². The number of rotatable bonds is 4. The molecular weight excluding hydrogens is 455 g/mol. The van der Waals surface area contributed by atoms with E-state index in [4.69, 9.17) is 0 Å². The number of sulfonamides is 1. The Labute approximate surface area is 147 Å². The van der Waals surface area contributed by atoms with Crippen LogP contribution < -0.4 is 4.72 Å². The van der Waals surface area contributed by atoms with Crippen LogP contribution in [0.4, 0.5) is 48.3 Å². The molecule has 0 aliphatic heterocycles. The molecule has 0 spiro atoms. The van der Waals surface area contributed by atoms with Gasteiger partial charge in [-0.25, -0.2) is 4.72 Å². The van der Waals surface area contributed by atoms with Crippen molar-refractivity contribution in [3.63, 3.8) is 0 Å². The van der Waals surface area contributed by atoms with E-state index in [0.717, 1.165) is 0 Å². The van der Waals surface area contributed by atoms with Gasteiger partial charge < -0.3 is 0 Å². The molecule has 0 aliphatic rings. The predicted octanol–water partition coefficient (Wildman–Crippen LogP) is 4.13. The van der Waals surface area contributed by atoms with Crippen LogP contribution in [-0.2, 0) is 14.8 Å². The zero-order valence-electron chi connectivity index (χ0n) is 13.6. The quantitative estimate of drug-likeness (QED) is 0.630. The standard InChI is InChI=1S/C6H13F3S.C4HF8NO3S/c1-4-10(3,5-2)6(7,8)9;5-2(6,3(7,8)9)1(14)13-17(15,16)4(10,11)12/h4-5H2,1-3H3;(H,13,14). The third kappa shape index (κ3) is 7.15. The first-order chi connectivity index (χ1) is 11.5. The monoisotopic (exact) mass is 469 g/mol. The van der Waals surface area contributed by atoms with Crippen LogP contribution in [0.2, 0.25) is 0 Å². The average Bonchev–Trinajstić information content (AvgIpc) is 2.42. The summed E-state index contributed by atoms with van der Waals surface area (Å²) in [6.07, 6.45) is -5.18. The van der Waals surface area contributed by atoms with Crippen molar-refractivity contribution in [2.45, 2.75) is 37.0 Å². The molecule has 1 amide bonds. The maximum atomic E-state index is 12.1. The number of hydrogen-bond acceptors (Lipinski definition) is 3. The number of carbonyl (C=O) groups excluding carboxylic acids is 1. The van der Waals surface area contributed by atoms with Gasteiger partial charge in [-0.3, -0.25) is 4.79 Å². The van der Waals surface area contributed by atoms with E-state index in [1.165, 1.54) is 6.26 Å². The molecule has 0 saturated heterocycles. The Bertz CT molecular complexity index is 603. The van der Waals surface area contributed by atoms with Gasteiger partial charge in [-0.15, -0.1) is 0 Å². The minimum Gasteiger partial charge on any atom is -0.267 e. The fraction of sp³-hybridized carbons (Fsp3) is 0.900. The van der Waals surface area contributed by atoms with Crippen molar-refractivity contribution in [3.8, 4) is 0 Å². The van der Waals surface area contributed by atoms with Crippen molar-refractivity contribution in [2.75, 3.05) is 17.8 Å². The molecule has 0 radical (unpaired) electrons. The maximum absolute atomic E-state index is 12.1. The van der Waals surface area contributed by atoms with Crippen LogP contribution in [0.15, 0.2) is 0 Å². The van der Waals surface area contributed by atoms with Gasteiger partial charge in [0.15, 0.2) is 0 Å². The van der Waals surface area contributed by atoms with Gasteiger partial charge in [0.1, 0.15) is 0 Å². The van der Waals surface area contributed by atoms with Crippen molar-refractivity contribution in [2.24, 2.45) is 0 Å². The molecular formula is C10H14F11NO3S2. The van der Waals surface area contributed by atoms with Gasteiger partial charge in [0.2, 0.25) is 0 Å². The molecule has 0 aromatic rings. The second kappa shape index (κ2) is 8.57. The van der Waals surface area contributed by atoms with E-state index < -0.39 is 53.8 Å². The molecule has 0 aliphatic carbocycles. The summed E-state index contributed by atoms with van der Waals surface area (Å²) in [6.45, 7) is 3.21. The minimum absolute atomic E-state index is 0.243. The van der Waals surface area contributed by atoms with Gasteiger partial charge in [0, 0.05) is 0 Å². The topological polar surface area (TPSA) is 63.2 Å². The normalized spacial score (nSPS) is 14.9. The highest BCUT2D eigenvalue weighted by atomic mass is 32.3. The molecule has 17 heteroatoms. The van der Waals surface area contributed by atoms with Gasteiger partial charge in [0.25, 0.3) is 0 Å². The van der Waals surface area contributed by atoms with Gasteiger partial charge in [-0.05, 0) is 17.8 Å². The van der Waals surface area contributed by atoms with E-state index in [9.17, 15) is 61.5 Å². The molecule has 1 N–H and O–H groups in total. The van der Waals surface area contributed by atoms with Crippen LogP contribution in [0.1, 0.15) is 13.8 Å². The average molecular weight is 469 g/mol. The lowest BCUT2D eigenvalue weighted by molar-refractivity contribution is -0.269. The summed E-state index contributed by atoms with van der Waals surface area (Å²) in [4.78, 5) is 10.1. The first kappa shape index (κ1) is 28.2. The molecule has 4 nitrogen and oxygen atoms in total. The highest BCUT2D eigenvalue weighted by Crippen LogP contribution is 2.58. The van der Waals surface area contributed by atoms with E-state index >= 15 is 0 Å². The maximum Gasteiger partial charge on any atom is 0.516 e. The second-order valence-electron chi connectivity index (χ2n) is 4.75. The Morgan fingerprint density at radius 3 is 1.26 bits per heavy atom. The molecule has 0 unspecified atom stereocenters. The number of hydrogen-bond donors (Lipinski definition) is 1. The molecule has 0 aromatic carbocycles. The lowest BCUT2D eigenvalue weighted by atomic mass is 10.3. The largest absolute Gasteiger partial charge is 0.516 e. The molecule has 0 bridgehead atoms. The smallest absolute Gasteiger partial charge is 0.267 e. The third-order valence-electron chi connectivity index (χ3n) is 3.01. The summed E-state index contributed by atoms with van der Waals surface area (Å²) in [6, 6.07) is 0. The molecule has 27 heavy (non-hydrogen) atoms. The highest BCUT2D eigenvalue weighted by molar-refractivity contribution is 8.33. The van der Waals surface area contributed by atoms with E-state index in [-0.39, 0.29) is 11.5 Å². The molecule has 0 atom stereocenters. The summed E-state index contributed by atoms with van der Waals surface area (Å²) in [7, 11) is -8.95. The summed E-state index contributed by atoms with van der Waals surface area (Å²) >= 11 is 0. The van der Waals surface area contributed by atoms with E-state index in [0.29, 0.717) is 0 Å². The van der Waals surface area contributed by atoms with E-state index in [1.54, 1.807) is 13.8 Å². The fourth-order valence-corrected chi connectivity index (χ4v) is 2.46. The number of nitrogens with one attached hydrogen (secondary N) is 1. The van der Waals surface area contributed by atoms with Crippen molar-refractivity contribution < 1.29 is 61.5 Å². The van der Waals surface area contributed by atoms with Gasteiger partial charge in [-0.2, -0.15) is 66.7 Å². The Kier molecular flexibility index (Phi) is 8.95. The third-order valence-corrected chi connectivity index (χ3v) is 7.74. The molecule has 0 fully saturated rings. The summed E-state index contributed by atoms with van der Waals surface area (Å²) in [5.74, 6) is -9.41. The molecule has 0 aromatic heterocycles. The predicted molar refractivity (Wildman–Crippen MR) is 74.8 cm³/mol. The Hall–Kier alpha value is -1.00. The molecule has 166 valence electrons. The lowest BCUT2D eigenvalue weighted by Crippen LogP contribution is -2.54. The number of halogens is 11. The lowest BCUT2D eigenvalue weighted by Gasteiger charge is -2.35. The first-order valence-corrected chi connectivity index (χ1v) is 10.2. The van der Waals surface area contributed by atoms with E-state index in [1.807, 2.05) is 0 Å². The second-order valence-corrected chi connectivity index (χ2v) is 10.6. The van der Waals surface area contributed by atoms with Crippen molar-refractivity contribution >= 4 is 26.0 Å². The summed E-state index contributed by atoms with van der Waals surface area (Å²) < 4.78 is 149. The minimum atomic E-state index is -6.62. The van der Waals surface area contributed by atoms with Crippen LogP contribution >= 0.6 is 10.0 Å². The summed E-state index contributed by atoms with van der Waals surface area (Å²) in [5, 5.41) is 0. The Morgan fingerprint density at radius 2 is 1.11 bits per heavy atom. The van der Waals surface area contributed by atoms with Crippen LogP contribution in [0.5, 0.6) is 0 Å². The highest BCUT2D eigenvalue weighted by Gasteiger charge is 2.65. The first-order valence-electron chi connectivity index (χ1n) is 6.38. The van der Waals surface area contributed by atoms with Gasteiger partial charge in [0.05, 0.1) is 0 Å². The fourth-order valence-electron chi connectivity index (χ4n) is 0.904. The van der Waals surface area contributed by atoms with Gasteiger partial charge in [-0.1, -0.05) is 13.8 Å². The number of carbonyl (C=O) groups is 1. The van der Waals surface area contributed by atoms with Crippen molar-refractivity contribution in [3.05, 3.63) is 0 Å². The molecule has 0 saturated carbocycles. The van der Waals surface area contributed by atoms with E-state index in [2.05, 4.69) is 0 Å². The summed E-state index contributed by atoms with van der Waals surface area (Å²) in [5.41, 5.74) is -10.2. The zero-order valence-corrected chi connectivity index (χ0v) is 15.2. The zero-order chi connectivity index (χ0) is 22.7. The number of alkyl halides is 11. The van der Waals surface area contributed by atoms with Crippen LogP contribution in [0.3, 0.4) is 0 Å². The molecule has 0 heterocycles. The van der Waals surface area contributed by atoms with Crippen LogP contribution in [0, 0.1) is 0 Å². The molecule has 0 rings (SSSR count).